The summed E-state index contributed by atoms with van der Waals surface area (Å²) in [5, 5.41) is 0. The largest absolute Gasteiger partial charge is 0.497 e. The molecule has 1 N–H and O–H groups in total. The minimum absolute atomic E-state index is 0.135. The van der Waals surface area contributed by atoms with Gasteiger partial charge in [-0.05, 0) is 56.0 Å². The lowest BCUT2D eigenvalue weighted by Gasteiger charge is -2.11. The molecule has 1 rings (SSSR count). The second-order valence-electron chi connectivity index (χ2n) is 3.72. The maximum absolute atomic E-state index is 10.8. The van der Waals surface area contributed by atoms with Crippen molar-refractivity contribution in [2.75, 3.05) is 13.7 Å². The lowest BCUT2D eigenvalue weighted by atomic mass is 10.1. The minimum atomic E-state index is 0.135. The first-order valence-electron chi connectivity index (χ1n) is 6.09. The van der Waals surface area contributed by atoms with E-state index in [1.54, 1.807) is 14.0 Å². The Morgan fingerprint density at radius 2 is 1.78 bits per heavy atom. The predicted octanol–water partition coefficient (Wildman–Crippen LogP) is 3.52. The molecule has 0 aliphatic carbocycles. The summed E-state index contributed by atoms with van der Waals surface area (Å²) in [5.41, 5.74) is 2.30. The molecule has 0 amide bonds. The molecule has 0 aliphatic rings. The third kappa shape index (κ3) is 5.56. The van der Waals surface area contributed by atoms with E-state index in [-0.39, 0.29) is 5.78 Å². The zero-order valence-corrected chi connectivity index (χ0v) is 12.9. The van der Waals surface area contributed by atoms with Crippen molar-refractivity contribution < 1.29 is 9.53 Å². The summed E-state index contributed by atoms with van der Waals surface area (Å²) in [5.74, 6) is 1.00. The van der Waals surface area contributed by atoms with Crippen LogP contribution in [0.4, 0.5) is 0 Å². The van der Waals surface area contributed by atoms with E-state index in [0.717, 1.165) is 21.8 Å². The Balaban J connectivity index is 0.00000137. The molecule has 3 nitrogen and oxygen atoms in total. The minimum Gasteiger partial charge on any atom is -0.497 e. The highest BCUT2D eigenvalue weighted by Crippen LogP contribution is 2.28. The van der Waals surface area contributed by atoms with Crippen LogP contribution in [0.1, 0.15) is 31.9 Å². The van der Waals surface area contributed by atoms with E-state index in [2.05, 4.69) is 4.72 Å². The molecule has 0 saturated carbocycles. The molecule has 0 bridgehead atoms. The van der Waals surface area contributed by atoms with E-state index in [1.165, 1.54) is 11.9 Å². The van der Waals surface area contributed by atoms with Crippen LogP contribution < -0.4 is 9.46 Å². The third-order valence-corrected chi connectivity index (χ3v) is 3.30. The molecule has 102 valence electrons. The molecular weight excluding hydrogens is 246 g/mol. The number of aryl methyl sites for hydroxylation is 2. The van der Waals surface area contributed by atoms with Gasteiger partial charge in [-0.2, -0.15) is 0 Å². The average Bonchev–Trinajstić information content (AvgIpc) is 2.34. The van der Waals surface area contributed by atoms with Crippen molar-refractivity contribution in [3.8, 4) is 5.75 Å². The van der Waals surface area contributed by atoms with Gasteiger partial charge in [0.15, 0.2) is 0 Å². The molecule has 0 aromatic heterocycles. The Morgan fingerprint density at radius 1 is 1.28 bits per heavy atom. The number of hydrogen-bond acceptors (Lipinski definition) is 4. The lowest BCUT2D eigenvalue weighted by molar-refractivity contribution is -0.115. The highest BCUT2D eigenvalue weighted by atomic mass is 32.2. The van der Waals surface area contributed by atoms with E-state index in [4.69, 9.17) is 4.74 Å². The van der Waals surface area contributed by atoms with Crippen LogP contribution >= 0.6 is 11.9 Å². The molecule has 0 radical (unpaired) electrons. The van der Waals surface area contributed by atoms with Gasteiger partial charge in [0.05, 0.1) is 13.7 Å². The Hall–Kier alpha value is -1.00. The normalized spacial score (nSPS) is 9.44. The number of nitrogens with one attached hydrogen (secondary N) is 1. The molecular formula is C14H23NO2S. The van der Waals surface area contributed by atoms with Crippen molar-refractivity contribution in [1.29, 1.82) is 0 Å². The number of methoxy groups -OCH3 is 1. The van der Waals surface area contributed by atoms with Crippen molar-refractivity contribution in [1.82, 2.24) is 4.72 Å². The Labute approximate surface area is 114 Å². The Morgan fingerprint density at radius 3 is 2.17 bits per heavy atom. The highest BCUT2D eigenvalue weighted by molar-refractivity contribution is 7.97. The molecule has 0 heterocycles. The van der Waals surface area contributed by atoms with E-state index >= 15 is 0 Å². The molecule has 0 fully saturated rings. The maximum atomic E-state index is 10.8. The fraction of sp³-hybridized carbons (Fsp3) is 0.500. The first kappa shape index (κ1) is 17.0. The van der Waals surface area contributed by atoms with Crippen LogP contribution in [0.2, 0.25) is 0 Å². The van der Waals surface area contributed by atoms with Gasteiger partial charge in [-0.25, -0.2) is 0 Å². The Kier molecular flexibility index (Phi) is 8.50. The molecule has 4 heteroatoms. The first-order chi connectivity index (χ1) is 8.54. The standard InChI is InChI=1S/C12H17NO2S.C2H6/c1-8-5-11(15-4)6-9(2)12(8)16-13-7-10(3)14;1-2/h5-6,13H,7H2,1-4H3;1-2H3. The van der Waals surface area contributed by atoms with E-state index in [9.17, 15) is 4.79 Å². The second-order valence-corrected chi connectivity index (χ2v) is 4.62. The topological polar surface area (TPSA) is 38.3 Å². The van der Waals surface area contributed by atoms with Crippen LogP contribution in [0.3, 0.4) is 0 Å². The number of carbonyl (C=O) groups excluding carboxylic acids is 1. The predicted molar refractivity (Wildman–Crippen MR) is 78.4 cm³/mol. The fourth-order valence-electron chi connectivity index (χ4n) is 1.40. The SMILES string of the molecule is CC.COc1cc(C)c(SNCC(C)=O)c(C)c1. The molecule has 0 aliphatic heterocycles. The van der Waals surface area contributed by atoms with Crippen LogP contribution in [0.5, 0.6) is 5.75 Å². The van der Waals surface area contributed by atoms with Crippen LogP contribution in [0.15, 0.2) is 17.0 Å². The monoisotopic (exact) mass is 269 g/mol. The summed E-state index contributed by atoms with van der Waals surface area (Å²) in [4.78, 5) is 12.0. The van der Waals surface area contributed by atoms with E-state index in [0.29, 0.717) is 6.54 Å². The second kappa shape index (κ2) is 9.00. The molecule has 0 spiro atoms. The van der Waals surface area contributed by atoms with Crippen LogP contribution in [-0.4, -0.2) is 19.4 Å². The van der Waals surface area contributed by atoms with Gasteiger partial charge >= 0.3 is 0 Å². The number of benzene rings is 1. The van der Waals surface area contributed by atoms with Gasteiger partial charge in [-0.15, -0.1) is 0 Å². The molecule has 0 saturated heterocycles. The summed E-state index contributed by atoms with van der Waals surface area (Å²) in [6.45, 7) is 10.0. The molecule has 1 aromatic carbocycles. The van der Waals surface area contributed by atoms with Crippen molar-refractivity contribution in [3.05, 3.63) is 23.3 Å². The van der Waals surface area contributed by atoms with E-state index < -0.39 is 0 Å². The van der Waals surface area contributed by atoms with Gasteiger partial charge in [0, 0.05) is 4.90 Å². The number of hydrogen-bond donors (Lipinski definition) is 1. The quantitative estimate of drug-likeness (QED) is 0.830. The average molecular weight is 269 g/mol. The number of ketones is 1. The zero-order chi connectivity index (χ0) is 14.1. The van der Waals surface area contributed by atoms with E-state index in [1.807, 2.05) is 39.8 Å². The van der Waals surface area contributed by atoms with Crippen molar-refractivity contribution >= 4 is 17.7 Å². The van der Waals surface area contributed by atoms with Crippen LogP contribution in [-0.2, 0) is 4.79 Å². The van der Waals surface area contributed by atoms with Gasteiger partial charge in [0.25, 0.3) is 0 Å². The number of carbonyl (C=O) groups is 1. The van der Waals surface area contributed by atoms with Crippen molar-refractivity contribution in [2.45, 2.75) is 39.5 Å². The van der Waals surface area contributed by atoms with Crippen molar-refractivity contribution in [2.24, 2.45) is 0 Å². The molecule has 0 atom stereocenters. The third-order valence-electron chi connectivity index (χ3n) is 2.16. The van der Waals surface area contributed by atoms with Crippen molar-refractivity contribution in [3.63, 3.8) is 0 Å². The van der Waals surface area contributed by atoms with Gasteiger partial charge in [-0.1, -0.05) is 13.8 Å². The molecule has 0 unspecified atom stereocenters. The smallest absolute Gasteiger partial charge is 0.144 e. The molecule has 18 heavy (non-hydrogen) atoms. The summed E-state index contributed by atoms with van der Waals surface area (Å²) < 4.78 is 8.24. The van der Waals surface area contributed by atoms with Gasteiger partial charge < -0.3 is 4.74 Å². The van der Waals surface area contributed by atoms with Gasteiger partial charge in [-0.3, -0.25) is 9.52 Å². The number of Topliss-reactive ketones (excluding diaryl/α,β-unsaturated/α-hetero) is 1. The lowest BCUT2D eigenvalue weighted by Crippen LogP contribution is -2.13. The van der Waals surface area contributed by atoms with Gasteiger partial charge in [0.2, 0.25) is 0 Å². The van der Waals surface area contributed by atoms with Crippen LogP contribution in [0.25, 0.3) is 0 Å². The highest BCUT2D eigenvalue weighted by Gasteiger charge is 2.06. The zero-order valence-electron chi connectivity index (χ0n) is 12.1. The Bertz CT molecular complexity index is 368. The summed E-state index contributed by atoms with van der Waals surface area (Å²) in [6.07, 6.45) is 0. The maximum Gasteiger partial charge on any atom is 0.144 e. The summed E-state index contributed by atoms with van der Waals surface area (Å²) >= 11 is 1.49. The number of ether oxygens (including phenoxy) is 1. The molecule has 1 aromatic rings. The summed E-state index contributed by atoms with van der Waals surface area (Å²) in [6, 6.07) is 3.98. The summed E-state index contributed by atoms with van der Waals surface area (Å²) in [7, 11) is 1.66. The van der Waals surface area contributed by atoms with Gasteiger partial charge in [0.1, 0.15) is 11.5 Å². The van der Waals surface area contributed by atoms with Crippen LogP contribution in [0, 0.1) is 13.8 Å². The first-order valence-corrected chi connectivity index (χ1v) is 6.90. The fourth-order valence-corrected chi connectivity index (χ4v) is 2.26. The number of rotatable bonds is 5.